The maximum absolute atomic E-state index is 13.7. The third kappa shape index (κ3) is 4.87. The molecule has 7 nitrogen and oxygen atoms in total. The Labute approximate surface area is 214 Å². The van der Waals surface area contributed by atoms with Crippen LogP contribution in [-0.4, -0.2) is 30.1 Å². The zero-order valence-corrected chi connectivity index (χ0v) is 21.8. The van der Waals surface area contributed by atoms with Gasteiger partial charge in [-0.2, -0.15) is 0 Å². The highest BCUT2D eigenvalue weighted by Crippen LogP contribution is 2.32. The molecule has 3 aromatic heterocycles. The lowest BCUT2D eigenvalue weighted by molar-refractivity contribution is 0.186. The number of benzene rings is 2. The summed E-state index contributed by atoms with van der Waals surface area (Å²) >= 11 is 1.70. The number of H-pyrrole nitrogens is 1. The molecule has 1 atom stereocenters. The Morgan fingerprint density at radius 3 is 2.56 bits per heavy atom. The summed E-state index contributed by atoms with van der Waals surface area (Å²) in [6.07, 6.45) is 0. The van der Waals surface area contributed by atoms with Crippen LogP contribution >= 0.6 is 11.3 Å². The van der Waals surface area contributed by atoms with Gasteiger partial charge in [0.15, 0.2) is 5.82 Å². The molecule has 0 aliphatic carbocycles. The Balaban J connectivity index is 1.73. The van der Waals surface area contributed by atoms with Crippen molar-refractivity contribution in [1.82, 2.24) is 30.1 Å². The molecule has 2 aromatic carbocycles. The van der Waals surface area contributed by atoms with Gasteiger partial charge < -0.3 is 4.98 Å². The van der Waals surface area contributed by atoms with E-state index >= 15 is 0 Å². The van der Waals surface area contributed by atoms with E-state index in [1.54, 1.807) is 11.3 Å². The second kappa shape index (κ2) is 9.79. The zero-order valence-electron chi connectivity index (χ0n) is 21.0. The number of aryl methyl sites for hydroxylation is 1. The molecule has 5 aromatic rings. The number of rotatable bonds is 7. The van der Waals surface area contributed by atoms with Gasteiger partial charge in [0.2, 0.25) is 0 Å². The lowest BCUT2D eigenvalue weighted by atomic mass is 10.00. The molecule has 1 N–H and O–H groups in total. The van der Waals surface area contributed by atoms with Crippen molar-refractivity contribution in [3.05, 3.63) is 110 Å². The van der Waals surface area contributed by atoms with Crippen molar-refractivity contribution in [3.63, 3.8) is 0 Å². The first-order valence-electron chi connectivity index (χ1n) is 12.0. The molecule has 0 bridgehead atoms. The summed E-state index contributed by atoms with van der Waals surface area (Å²) in [5.74, 6) is 0.646. The van der Waals surface area contributed by atoms with Crippen LogP contribution in [0.15, 0.2) is 76.9 Å². The molecular weight excluding hydrogens is 468 g/mol. The monoisotopic (exact) mass is 498 g/mol. The summed E-state index contributed by atoms with van der Waals surface area (Å²) in [5, 5.41) is 16.0. The van der Waals surface area contributed by atoms with Crippen molar-refractivity contribution in [2.45, 2.75) is 52.4 Å². The number of aromatic amines is 1. The van der Waals surface area contributed by atoms with Gasteiger partial charge in [-0.15, -0.1) is 16.4 Å². The molecule has 0 radical (unpaired) electrons. The highest BCUT2D eigenvalue weighted by atomic mass is 32.1. The fraction of sp³-hybridized carbons (Fsp3) is 0.286. The van der Waals surface area contributed by atoms with E-state index in [4.69, 9.17) is 0 Å². The van der Waals surface area contributed by atoms with Gasteiger partial charge in [0.05, 0.1) is 11.1 Å². The highest BCUT2D eigenvalue weighted by Gasteiger charge is 2.33. The second-order valence-electron chi connectivity index (χ2n) is 10.1. The molecule has 0 amide bonds. The first-order chi connectivity index (χ1) is 17.3. The number of fused-ring (bicyclic) bond motifs is 1. The number of thiophene rings is 1. The maximum Gasteiger partial charge on any atom is 0.253 e. The summed E-state index contributed by atoms with van der Waals surface area (Å²) < 4.78 is 1.84. The number of nitrogens with one attached hydrogen (secondary N) is 1. The summed E-state index contributed by atoms with van der Waals surface area (Å²) in [5.41, 5.74) is 3.18. The average Bonchev–Trinajstić information content (AvgIpc) is 3.53. The molecule has 0 aliphatic rings. The van der Waals surface area contributed by atoms with E-state index in [0.29, 0.717) is 24.5 Å². The number of para-hydroxylation sites is 1. The van der Waals surface area contributed by atoms with Crippen LogP contribution in [0.2, 0.25) is 0 Å². The van der Waals surface area contributed by atoms with Crippen LogP contribution in [0.5, 0.6) is 0 Å². The van der Waals surface area contributed by atoms with Crippen LogP contribution < -0.4 is 5.56 Å². The van der Waals surface area contributed by atoms with Gasteiger partial charge in [-0.1, -0.05) is 54.6 Å². The highest BCUT2D eigenvalue weighted by molar-refractivity contribution is 7.09. The topological polar surface area (TPSA) is 79.7 Å². The summed E-state index contributed by atoms with van der Waals surface area (Å²) in [6.45, 7) is 9.50. The molecule has 36 heavy (non-hydrogen) atoms. The smallest absolute Gasteiger partial charge is 0.253 e. The first kappa shape index (κ1) is 24.1. The van der Waals surface area contributed by atoms with E-state index in [1.807, 2.05) is 54.1 Å². The number of pyridine rings is 1. The molecule has 0 unspecified atom stereocenters. The number of hydrogen-bond acceptors (Lipinski definition) is 6. The largest absolute Gasteiger partial charge is 0.321 e. The number of tetrazole rings is 1. The molecule has 0 saturated heterocycles. The average molecular weight is 499 g/mol. The summed E-state index contributed by atoms with van der Waals surface area (Å²) in [6, 6.07) is 22.1. The van der Waals surface area contributed by atoms with Gasteiger partial charge in [0.25, 0.3) is 5.56 Å². The van der Waals surface area contributed by atoms with E-state index < -0.39 is 6.04 Å². The number of hydrogen-bond donors (Lipinski definition) is 1. The van der Waals surface area contributed by atoms with Crippen LogP contribution in [-0.2, 0) is 18.6 Å². The Kier molecular flexibility index (Phi) is 6.55. The minimum absolute atomic E-state index is 0.130. The van der Waals surface area contributed by atoms with E-state index in [0.717, 1.165) is 22.0 Å². The Hall–Kier alpha value is -3.62. The summed E-state index contributed by atoms with van der Waals surface area (Å²) in [4.78, 5) is 20.3. The lowest BCUT2D eigenvalue weighted by Crippen LogP contribution is -2.37. The van der Waals surface area contributed by atoms with E-state index in [1.165, 1.54) is 4.88 Å². The van der Waals surface area contributed by atoms with Crippen molar-refractivity contribution in [3.8, 4) is 0 Å². The van der Waals surface area contributed by atoms with Crippen molar-refractivity contribution in [1.29, 1.82) is 0 Å². The molecule has 5 rings (SSSR count). The van der Waals surface area contributed by atoms with Crippen LogP contribution in [0.3, 0.4) is 0 Å². The minimum atomic E-state index is -0.463. The van der Waals surface area contributed by atoms with Crippen molar-refractivity contribution < 1.29 is 0 Å². The van der Waals surface area contributed by atoms with E-state index in [9.17, 15) is 4.79 Å². The van der Waals surface area contributed by atoms with Crippen LogP contribution in [0.4, 0.5) is 0 Å². The molecule has 184 valence electrons. The van der Waals surface area contributed by atoms with Gasteiger partial charge in [-0.05, 0) is 72.1 Å². The van der Waals surface area contributed by atoms with Gasteiger partial charge in [-0.25, -0.2) is 4.68 Å². The molecule has 0 aliphatic heterocycles. The third-order valence-corrected chi connectivity index (χ3v) is 7.18. The quantitative estimate of drug-likeness (QED) is 0.324. The van der Waals surface area contributed by atoms with E-state index in [-0.39, 0.29) is 11.1 Å². The molecule has 0 saturated carbocycles. The van der Waals surface area contributed by atoms with Crippen LogP contribution in [0, 0.1) is 6.92 Å². The normalized spacial score (nSPS) is 12.9. The van der Waals surface area contributed by atoms with Crippen molar-refractivity contribution >= 4 is 22.2 Å². The van der Waals surface area contributed by atoms with Gasteiger partial charge in [0.1, 0.15) is 6.04 Å². The minimum Gasteiger partial charge on any atom is -0.321 e. The molecule has 8 heteroatoms. The van der Waals surface area contributed by atoms with Crippen molar-refractivity contribution in [2.24, 2.45) is 0 Å². The first-order valence-corrected chi connectivity index (χ1v) is 12.9. The standard InChI is InChI=1S/C28H30N6OS/c1-19-10-8-13-21-16-23(27(35)29-24(19)21)25(26-30-31-32-34(26)28(2,3)4)33(18-22-14-9-15-36-22)17-20-11-6-5-7-12-20/h5-16,25H,17-18H2,1-4H3,(H,29,35)/t25-/m0/s1. The Morgan fingerprint density at radius 1 is 1.03 bits per heavy atom. The lowest BCUT2D eigenvalue weighted by Gasteiger charge is -2.32. The second-order valence-corrected chi connectivity index (χ2v) is 11.1. The maximum atomic E-state index is 13.7. The number of aromatic nitrogens is 5. The van der Waals surface area contributed by atoms with Gasteiger partial charge in [0, 0.05) is 23.5 Å². The van der Waals surface area contributed by atoms with Gasteiger partial charge >= 0.3 is 0 Å². The predicted molar refractivity (Wildman–Crippen MR) is 144 cm³/mol. The number of nitrogens with zero attached hydrogens (tertiary/aromatic N) is 5. The molecule has 0 spiro atoms. The molecular formula is C28H30N6OS. The molecule has 3 heterocycles. The van der Waals surface area contributed by atoms with Crippen LogP contribution in [0.1, 0.15) is 54.2 Å². The predicted octanol–water partition coefficient (Wildman–Crippen LogP) is 5.43. The third-order valence-electron chi connectivity index (χ3n) is 6.32. The van der Waals surface area contributed by atoms with Crippen molar-refractivity contribution in [2.75, 3.05) is 0 Å². The Bertz CT molecular complexity index is 1520. The zero-order chi connectivity index (χ0) is 25.3. The van der Waals surface area contributed by atoms with E-state index in [2.05, 4.69) is 75.8 Å². The van der Waals surface area contributed by atoms with Crippen LogP contribution in [0.25, 0.3) is 10.9 Å². The summed E-state index contributed by atoms with van der Waals surface area (Å²) in [7, 11) is 0. The Morgan fingerprint density at radius 2 is 1.83 bits per heavy atom. The SMILES string of the molecule is Cc1cccc2cc([C@@H](c3nnnn3C(C)(C)C)N(Cc3ccccc3)Cc3cccs3)c(=O)[nH]c12. The molecule has 0 fully saturated rings. The fourth-order valence-electron chi connectivity index (χ4n) is 4.60. The fourth-order valence-corrected chi connectivity index (χ4v) is 5.33. The van der Waals surface area contributed by atoms with Gasteiger partial charge in [-0.3, -0.25) is 9.69 Å².